The molecule has 1 aliphatic rings. The van der Waals surface area contributed by atoms with Gasteiger partial charge in [-0.05, 0) is 28.2 Å². The second-order valence-corrected chi connectivity index (χ2v) is 8.21. The van der Waals surface area contributed by atoms with Gasteiger partial charge in [0.2, 0.25) is 5.91 Å². The van der Waals surface area contributed by atoms with Gasteiger partial charge in [-0.1, -0.05) is 68.8 Å². The van der Waals surface area contributed by atoms with Gasteiger partial charge >= 0.3 is 12.1 Å². The second-order valence-electron chi connectivity index (χ2n) is 8.21. The van der Waals surface area contributed by atoms with Crippen LogP contribution in [-0.2, 0) is 14.3 Å². The zero-order valence-corrected chi connectivity index (χ0v) is 18.9. The molecule has 176 valence electrons. The summed E-state index contributed by atoms with van der Waals surface area (Å²) in [6, 6.07) is 15.0. The summed E-state index contributed by atoms with van der Waals surface area (Å²) < 4.78 is 5.55. The maximum absolute atomic E-state index is 13.0. The van der Waals surface area contributed by atoms with Gasteiger partial charge in [-0.25, -0.2) is 4.79 Å². The van der Waals surface area contributed by atoms with Crippen LogP contribution in [0.1, 0.15) is 37.3 Å². The molecule has 0 aliphatic heterocycles. The van der Waals surface area contributed by atoms with Crippen molar-refractivity contribution < 1.29 is 29.3 Å². The van der Waals surface area contributed by atoms with Crippen LogP contribution in [-0.4, -0.2) is 65.4 Å². The highest BCUT2D eigenvalue weighted by Gasteiger charge is 2.33. The van der Waals surface area contributed by atoms with E-state index in [2.05, 4.69) is 5.32 Å². The van der Waals surface area contributed by atoms with Crippen LogP contribution in [0.5, 0.6) is 0 Å². The average Bonchev–Trinajstić information content (AvgIpc) is 3.13. The second kappa shape index (κ2) is 11.0. The fraction of sp³-hybridized carbons (Fsp3) is 0.400. The number of carbonyl (C=O) groups excluding carboxylic acids is 2. The van der Waals surface area contributed by atoms with E-state index in [4.69, 9.17) is 9.84 Å². The van der Waals surface area contributed by atoms with E-state index < -0.39 is 30.6 Å². The molecule has 0 bridgehead atoms. The summed E-state index contributed by atoms with van der Waals surface area (Å²) in [5, 5.41) is 20.9. The van der Waals surface area contributed by atoms with Crippen LogP contribution in [0.2, 0.25) is 0 Å². The summed E-state index contributed by atoms with van der Waals surface area (Å²) >= 11 is 0. The highest BCUT2D eigenvalue weighted by Crippen LogP contribution is 2.44. The average molecular weight is 455 g/mol. The summed E-state index contributed by atoms with van der Waals surface area (Å²) in [5.41, 5.74) is 4.39. The van der Waals surface area contributed by atoms with E-state index in [1.807, 2.05) is 55.5 Å². The van der Waals surface area contributed by atoms with Crippen LogP contribution in [0.15, 0.2) is 48.5 Å². The zero-order valence-electron chi connectivity index (χ0n) is 18.9. The third kappa shape index (κ3) is 5.51. The Balaban J connectivity index is 1.71. The Morgan fingerprint density at radius 3 is 2.15 bits per heavy atom. The molecule has 2 aromatic rings. The van der Waals surface area contributed by atoms with Crippen LogP contribution in [0.25, 0.3) is 11.1 Å². The van der Waals surface area contributed by atoms with Crippen molar-refractivity contribution in [2.24, 2.45) is 5.92 Å². The molecule has 0 radical (unpaired) electrons. The lowest BCUT2D eigenvalue weighted by Crippen LogP contribution is -2.53. The number of fused-ring (bicyclic) bond motifs is 3. The van der Waals surface area contributed by atoms with Gasteiger partial charge < -0.3 is 25.2 Å². The molecule has 2 unspecified atom stereocenters. The predicted molar refractivity (Wildman–Crippen MR) is 123 cm³/mol. The van der Waals surface area contributed by atoms with Crippen LogP contribution in [0.4, 0.5) is 4.79 Å². The molecule has 0 saturated carbocycles. The molecule has 0 saturated heterocycles. The molecule has 2 aromatic carbocycles. The van der Waals surface area contributed by atoms with Crippen LogP contribution in [0.3, 0.4) is 0 Å². The Bertz CT molecular complexity index is 962. The van der Waals surface area contributed by atoms with E-state index in [-0.39, 0.29) is 31.6 Å². The van der Waals surface area contributed by atoms with Crippen molar-refractivity contribution in [1.82, 2.24) is 10.2 Å². The molecule has 1 aliphatic carbocycles. The number of nitrogens with zero attached hydrogens (tertiary/aromatic N) is 1. The number of benzene rings is 2. The van der Waals surface area contributed by atoms with Crippen molar-refractivity contribution in [2.75, 3.05) is 26.3 Å². The Labute approximate surface area is 193 Å². The van der Waals surface area contributed by atoms with Crippen molar-refractivity contribution in [3.8, 4) is 11.1 Å². The minimum Gasteiger partial charge on any atom is -0.480 e. The van der Waals surface area contributed by atoms with Crippen molar-refractivity contribution in [1.29, 1.82) is 0 Å². The number of aliphatic hydroxyl groups excluding tert-OH is 1. The first-order valence-corrected chi connectivity index (χ1v) is 11.1. The summed E-state index contributed by atoms with van der Waals surface area (Å²) in [7, 11) is 0. The minimum atomic E-state index is -1.19. The van der Waals surface area contributed by atoms with E-state index >= 15 is 0 Å². The molecular weight excluding hydrogens is 424 g/mol. The van der Waals surface area contributed by atoms with Crippen molar-refractivity contribution in [2.45, 2.75) is 32.2 Å². The van der Waals surface area contributed by atoms with Crippen LogP contribution >= 0.6 is 0 Å². The molecule has 3 N–H and O–H groups in total. The molecule has 0 spiro atoms. The fourth-order valence-electron chi connectivity index (χ4n) is 4.20. The first-order chi connectivity index (χ1) is 15.9. The molecular formula is C25H30N2O6. The maximum atomic E-state index is 13.0. The first-order valence-electron chi connectivity index (χ1n) is 11.1. The van der Waals surface area contributed by atoms with E-state index in [9.17, 15) is 19.5 Å². The predicted octanol–water partition coefficient (Wildman–Crippen LogP) is 2.85. The number of carbonyl (C=O) groups is 3. The van der Waals surface area contributed by atoms with Gasteiger partial charge in [0.05, 0.1) is 6.61 Å². The fourth-order valence-corrected chi connectivity index (χ4v) is 4.20. The SMILES string of the molecule is CCC(C)C(NC(=O)OCC1c2ccccc2-c2ccccc21)C(=O)N(CCO)CC(=O)O. The third-order valence-electron chi connectivity index (χ3n) is 6.10. The van der Waals surface area contributed by atoms with Gasteiger partial charge in [0.1, 0.15) is 19.2 Å². The summed E-state index contributed by atoms with van der Waals surface area (Å²) in [6.45, 7) is 2.71. The topological polar surface area (TPSA) is 116 Å². The molecule has 8 nitrogen and oxygen atoms in total. The number of carboxylic acid groups (broad SMARTS) is 1. The number of alkyl carbamates (subject to hydrolysis) is 1. The molecule has 2 amide bonds. The van der Waals surface area contributed by atoms with Crippen molar-refractivity contribution >= 4 is 18.0 Å². The van der Waals surface area contributed by atoms with E-state index in [1.54, 1.807) is 6.92 Å². The summed E-state index contributed by atoms with van der Waals surface area (Å²) in [4.78, 5) is 37.8. The number of hydrogen-bond acceptors (Lipinski definition) is 5. The highest BCUT2D eigenvalue weighted by molar-refractivity contribution is 5.88. The van der Waals surface area contributed by atoms with Crippen molar-refractivity contribution in [3.05, 3.63) is 59.7 Å². The number of ether oxygens (including phenoxy) is 1. The monoisotopic (exact) mass is 454 g/mol. The number of aliphatic carboxylic acids is 1. The van der Waals surface area contributed by atoms with E-state index in [0.717, 1.165) is 27.2 Å². The lowest BCUT2D eigenvalue weighted by atomic mass is 9.97. The largest absolute Gasteiger partial charge is 0.480 e. The van der Waals surface area contributed by atoms with Gasteiger partial charge in [-0.3, -0.25) is 9.59 Å². The Morgan fingerprint density at radius 2 is 1.64 bits per heavy atom. The molecule has 2 atom stereocenters. The van der Waals surface area contributed by atoms with Gasteiger partial charge in [0.25, 0.3) is 0 Å². The minimum absolute atomic E-state index is 0.108. The first kappa shape index (κ1) is 24.3. The van der Waals surface area contributed by atoms with Crippen LogP contribution < -0.4 is 5.32 Å². The zero-order chi connectivity index (χ0) is 24.0. The van der Waals surface area contributed by atoms with Gasteiger partial charge in [0, 0.05) is 12.5 Å². The lowest BCUT2D eigenvalue weighted by Gasteiger charge is -2.29. The molecule has 3 rings (SSSR count). The van der Waals surface area contributed by atoms with Crippen LogP contribution in [0, 0.1) is 5.92 Å². The lowest BCUT2D eigenvalue weighted by molar-refractivity contribution is -0.146. The summed E-state index contributed by atoms with van der Waals surface area (Å²) in [5.74, 6) is -2.12. The quantitative estimate of drug-likeness (QED) is 0.508. The normalized spacial score (nSPS) is 14.0. The third-order valence-corrected chi connectivity index (χ3v) is 6.10. The molecule has 0 fully saturated rings. The van der Waals surface area contributed by atoms with E-state index in [1.165, 1.54) is 0 Å². The van der Waals surface area contributed by atoms with Gasteiger partial charge in [-0.15, -0.1) is 0 Å². The number of aliphatic hydroxyl groups is 1. The number of hydrogen-bond donors (Lipinski definition) is 3. The standard InChI is InChI=1S/C25H30N2O6/c1-3-16(2)23(24(31)27(12-13-28)14-22(29)30)26-25(32)33-15-21-19-10-6-4-8-17(19)18-9-5-7-11-20(18)21/h4-11,16,21,23,28H,3,12-15H2,1-2H3,(H,26,32)(H,29,30). The highest BCUT2D eigenvalue weighted by atomic mass is 16.5. The number of rotatable bonds is 10. The van der Waals surface area contributed by atoms with Crippen molar-refractivity contribution in [3.63, 3.8) is 0 Å². The molecule has 33 heavy (non-hydrogen) atoms. The molecule has 0 heterocycles. The molecule has 8 heteroatoms. The Kier molecular flexibility index (Phi) is 8.06. The Morgan fingerprint density at radius 1 is 1.06 bits per heavy atom. The smallest absolute Gasteiger partial charge is 0.407 e. The van der Waals surface area contributed by atoms with E-state index in [0.29, 0.717) is 6.42 Å². The number of amides is 2. The molecule has 0 aromatic heterocycles. The summed E-state index contributed by atoms with van der Waals surface area (Å²) in [6.07, 6.45) is -0.158. The number of carboxylic acids is 1. The maximum Gasteiger partial charge on any atom is 0.407 e. The van der Waals surface area contributed by atoms with Gasteiger partial charge in [0.15, 0.2) is 0 Å². The Hall–Kier alpha value is -3.39. The van der Waals surface area contributed by atoms with Gasteiger partial charge in [-0.2, -0.15) is 0 Å². The number of nitrogens with one attached hydrogen (secondary N) is 1.